The van der Waals surface area contributed by atoms with Crippen LogP contribution < -0.4 is 0 Å². The van der Waals surface area contributed by atoms with Crippen molar-refractivity contribution in [3.8, 4) is 0 Å². The van der Waals surface area contributed by atoms with Gasteiger partial charge >= 0.3 is 6.18 Å². The Hall–Kier alpha value is -0.880. The van der Waals surface area contributed by atoms with Gasteiger partial charge < -0.3 is 0 Å². The summed E-state index contributed by atoms with van der Waals surface area (Å²) in [4.78, 5) is 2.07. The lowest BCUT2D eigenvalue weighted by Crippen LogP contribution is -2.26. The van der Waals surface area contributed by atoms with Crippen LogP contribution in [0.5, 0.6) is 0 Å². The maximum absolute atomic E-state index is 12.8. The van der Waals surface area contributed by atoms with Gasteiger partial charge in [0.2, 0.25) is 0 Å². The highest BCUT2D eigenvalue weighted by atomic mass is 35.5. The molecule has 2 aromatic rings. The van der Waals surface area contributed by atoms with Gasteiger partial charge in [-0.3, -0.25) is 4.90 Å². The van der Waals surface area contributed by atoms with Crippen molar-refractivity contribution in [1.82, 2.24) is 4.90 Å². The van der Waals surface area contributed by atoms with Gasteiger partial charge in [-0.05, 0) is 53.8 Å². The number of hydrogen-bond donors (Lipinski definition) is 1. The van der Waals surface area contributed by atoms with Crippen LogP contribution in [0.1, 0.15) is 28.7 Å². The normalized spacial score (nSPS) is 16.1. The van der Waals surface area contributed by atoms with E-state index in [1.165, 1.54) is 6.07 Å². The lowest BCUT2D eigenvalue weighted by atomic mass is 10.1. The third kappa shape index (κ3) is 4.45. The Kier molecular flexibility index (Phi) is 5.59. The molecule has 0 saturated carbocycles. The van der Waals surface area contributed by atoms with Crippen LogP contribution in [0.25, 0.3) is 0 Å². The highest BCUT2D eigenvalue weighted by molar-refractivity contribution is 7.80. The summed E-state index contributed by atoms with van der Waals surface area (Å²) in [6, 6.07) is 9.47. The Labute approximate surface area is 160 Å². The lowest BCUT2D eigenvalue weighted by Gasteiger charge is -2.23. The van der Waals surface area contributed by atoms with E-state index in [-0.39, 0.29) is 5.37 Å². The first-order valence-corrected chi connectivity index (χ1v) is 9.06. The Morgan fingerprint density at radius 2 is 1.72 bits per heavy atom. The van der Waals surface area contributed by atoms with E-state index in [1.807, 2.05) is 12.1 Å². The standard InChI is InChI=1S/C18H16Cl2F3NS/c19-15-5-1-11(7-16(15)20)2-6-17(25)24-9-12-3-4-14(18(21,22)23)8-13(12)10-24/h1,3-5,7-8,17,25H,2,6,9-10H2/t17-/m1/s1. The van der Waals surface area contributed by atoms with Gasteiger partial charge in [0.05, 0.1) is 21.0 Å². The molecule has 0 aromatic heterocycles. The summed E-state index contributed by atoms with van der Waals surface area (Å²) in [6.45, 7) is 1.10. The molecule has 7 heteroatoms. The Morgan fingerprint density at radius 1 is 1.00 bits per heavy atom. The van der Waals surface area contributed by atoms with Crippen molar-refractivity contribution in [3.05, 3.63) is 68.7 Å². The predicted octanol–water partition coefficient (Wildman–Crippen LogP) is 6.22. The molecule has 0 fully saturated rings. The minimum Gasteiger partial charge on any atom is -0.283 e. The fraction of sp³-hybridized carbons (Fsp3) is 0.333. The third-order valence-electron chi connectivity index (χ3n) is 4.38. The molecule has 1 atom stereocenters. The number of halogens is 5. The summed E-state index contributed by atoms with van der Waals surface area (Å²) in [5.74, 6) is 0. The summed E-state index contributed by atoms with van der Waals surface area (Å²) in [5.41, 5.74) is 2.12. The maximum Gasteiger partial charge on any atom is 0.416 e. The predicted molar refractivity (Wildman–Crippen MR) is 98.2 cm³/mol. The van der Waals surface area contributed by atoms with Gasteiger partial charge in [0.1, 0.15) is 0 Å². The molecular formula is C18H16Cl2F3NS. The second kappa shape index (κ2) is 7.39. The molecule has 1 aliphatic rings. The van der Waals surface area contributed by atoms with Crippen molar-refractivity contribution in [2.24, 2.45) is 0 Å². The maximum atomic E-state index is 12.8. The molecule has 3 rings (SSSR count). The van der Waals surface area contributed by atoms with Gasteiger partial charge in [-0.2, -0.15) is 25.8 Å². The Bertz CT molecular complexity index is 779. The second-order valence-electron chi connectivity index (χ2n) is 6.15. The van der Waals surface area contributed by atoms with Crippen molar-refractivity contribution < 1.29 is 13.2 Å². The summed E-state index contributed by atoms with van der Waals surface area (Å²) in [7, 11) is 0. The molecule has 0 bridgehead atoms. The fourth-order valence-corrected chi connectivity index (χ4v) is 3.59. The molecule has 1 heterocycles. The molecule has 0 aliphatic carbocycles. The number of rotatable bonds is 4. The Balaban J connectivity index is 1.62. The Morgan fingerprint density at radius 3 is 2.40 bits per heavy atom. The number of fused-ring (bicyclic) bond motifs is 1. The van der Waals surface area contributed by atoms with Crippen molar-refractivity contribution in [2.45, 2.75) is 37.5 Å². The minimum atomic E-state index is -4.31. The highest BCUT2D eigenvalue weighted by Gasteiger charge is 2.32. The monoisotopic (exact) mass is 405 g/mol. The molecule has 0 N–H and O–H groups in total. The molecule has 0 spiro atoms. The van der Waals surface area contributed by atoms with Crippen LogP contribution in [0.2, 0.25) is 10.0 Å². The minimum absolute atomic E-state index is 0.0452. The van der Waals surface area contributed by atoms with Crippen molar-refractivity contribution in [1.29, 1.82) is 0 Å². The summed E-state index contributed by atoms with van der Waals surface area (Å²) in [5, 5.41) is 0.989. The average molecular weight is 406 g/mol. The van der Waals surface area contributed by atoms with Gasteiger partial charge in [-0.25, -0.2) is 0 Å². The molecule has 1 nitrogen and oxygen atoms in total. The van der Waals surface area contributed by atoms with E-state index in [4.69, 9.17) is 23.2 Å². The zero-order valence-corrected chi connectivity index (χ0v) is 15.6. The quantitative estimate of drug-likeness (QED) is 0.591. The van der Waals surface area contributed by atoms with Gasteiger partial charge in [-0.15, -0.1) is 0 Å². The number of nitrogens with zero attached hydrogens (tertiary/aromatic N) is 1. The smallest absolute Gasteiger partial charge is 0.283 e. The molecular weight excluding hydrogens is 390 g/mol. The first kappa shape index (κ1) is 18.9. The van der Waals surface area contributed by atoms with Crippen molar-refractivity contribution in [3.63, 3.8) is 0 Å². The van der Waals surface area contributed by atoms with E-state index >= 15 is 0 Å². The van der Waals surface area contributed by atoms with E-state index in [2.05, 4.69) is 17.5 Å². The van der Waals surface area contributed by atoms with Crippen LogP contribution in [0.3, 0.4) is 0 Å². The van der Waals surface area contributed by atoms with Crippen LogP contribution in [-0.2, 0) is 25.7 Å². The first-order chi connectivity index (χ1) is 11.7. The van der Waals surface area contributed by atoms with Gasteiger partial charge in [0, 0.05) is 13.1 Å². The number of thiol groups is 1. The summed E-state index contributed by atoms with van der Waals surface area (Å²) >= 11 is 16.6. The number of hydrogen-bond acceptors (Lipinski definition) is 2. The summed E-state index contributed by atoms with van der Waals surface area (Å²) in [6.07, 6.45) is -2.77. The molecule has 0 amide bonds. The SMILES string of the molecule is FC(F)(F)c1ccc2c(c1)CN([C@H](S)CCc1ccc(Cl)c(Cl)c1)C2. The van der Waals surface area contributed by atoms with Crippen molar-refractivity contribution in [2.75, 3.05) is 0 Å². The zero-order chi connectivity index (χ0) is 18.2. The number of benzene rings is 2. The number of aryl methyl sites for hydroxylation is 1. The lowest BCUT2D eigenvalue weighted by molar-refractivity contribution is -0.137. The van der Waals surface area contributed by atoms with Crippen molar-refractivity contribution >= 4 is 35.8 Å². The molecule has 0 saturated heterocycles. The van der Waals surface area contributed by atoms with E-state index < -0.39 is 11.7 Å². The van der Waals surface area contributed by atoms with Gasteiger partial charge in [0.15, 0.2) is 0 Å². The molecule has 2 aromatic carbocycles. The van der Waals surface area contributed by atoms with Crippen LogP contribution in [0.4, 0.5) is 13.2 Å². The van der Waals surface area contributed by atoms with Crippen LogP contribution in [0.15, 0.2) is 36.4 Å². The van der Waals surface area contributed by atoms with E-state index in [0.29, 0.717) is 23.1 Å². The molecule has 134 valence electrons. The van der Waals surface area contributed by atoms with Crippen LogP contribution >= 0.6 is 35.8 Å². The average Bonchev–Trinajstić information content (AvgIpc) is 2.98. The van der Waals surface area contributed by atoms with E-state index in [9.17, 15) is 13.2 Å². The van der Waals surface area contributed by atoms with Gasteiger partial charge in [-0.1, -0.05) is 35.3 Å². The van der Waals surface area contributed by atoms with E-state index in [1.54, 1.807) is 12.1 Å². The number of alkyl halides is 3. The molecule has 25 heavy (non-hydrogen) atoms. The first-order valence-electron chi connectivity index (χ1n) is 7.79. The zero-order valence-electron chi connectivity index (χ0n) is 13.2. The largest absolute Gasteiger partial charge is 0.416 e. The third-order valence-corrected chi connectivity index (χ3v) is 5.70. The molecule has 0 radical (unpaired) electrons. The topological polar surface area (TPSA) is 3.24 Å². The molecule has 0 unspecified atom stereocenters. The molecule has 1 aliphatic heterocycles. The summed E-state index contributed by atoms with van der Waals surface area (Å²) < 4.78 is 38.5. The second-order valence-corrected chi connectivity index (χ2v) is 7.56. The highest BCUT2D eigenvalue weighted by Crippen LogP contribution is 2.34. The van der Waals surface area contributed by atoms with Crippen LogP contribution in [0, 0.1) is 0 Å². The fourth-order valence-electron chi connectivity index (χ4n) is 2.98. The van der Waals surface area contributed by atoms with Gasteiger partial charge in [0.25, 0.3) is 0 Å². The van der Waals surface area contributed by atoms with E-state index in [0.717, 1.165) is 35.6 Å². The van der Waals surface area contributed by atoms with Crippen LogP contribution in [-0.4, -0.2) is 10.3 Å².